The zero-order valence-electron chi connectivity index (χ0n) is 34.4. The van der Waals surface area contributed by atoms with E-state index in [-0.39, 0.29) is 17.4 Å². The molecule has 0 spiro atoms. The maximum atomic E-state index is 2.52. The predicted octanol–water partition coefficient (Wildman–Crippen LogP) is 14.9. The third kappa shape index (κ3) is 7.29. The van der Waals surface area contributed by atoms with Crippen molar-refractivity contribution in [3.63, 3.8) is 0 Å². The summed E-state index contributed by atoms with van der Waals surface area (Å²) in [5, 5.41) is 2.47. The van der Waals surface area contributed by atoms with Crippen LogP contribution in [0.5, 0.6) is 0 Å². The number of para-hydroxylation sites is 2. The second-order valence-electron chi connectivity index (χ2n) is 15.8. The SMILES string of the molecule is C\C=C/C1=C(C/C=C\C(=C/C)N(/C(C)=C/C2=C(C)c3ccccc3C2(C)C)c2cccc3ccccc23)/C=C/c2ccccc2N(c2ccccc2)C(C)C1C. The van der Waals surface area contributed by atoms with Crippen LogP contribution < -0.4 is 9.80 Å². The highest BCUT2D eigenvalue weighted by Gasteiger charge is 2.35. The highest BCUT2D eigenvalue weighted by Crippen LogP contribution is 2.47. The van der Waals surface area contributed by atoms with Crippen molar-refractivity contribution < 1.29 is 0 Å². The number of fused-ring (bicyclic) bond motifs is 3. The van der Waals surface area contributed by atoms with E-state index in [1.165, 1.54) is 72.5 Å². The van der Waals surface area contributed by atoms with Crippen LogP contribution in [-0.2, 0) is 5.41 Å². The van der Waals surface area contributed by atoms with Gasteiger partial charge in [-0.25, -0.2) is 0 Å². The molecule has 1 heterocycles. The lowest BCUT2D eigenvalue weighted by Crippen LogP contribution is -2.35. The van der Waals surface area contributed by atoms with Crippen molar-refractivity contribution in [3.8, 4) is 0 Å². The van der Waals surface area contributed by atoms with E-state index in [2.05, 4.69) is 235 Å². The fourth-order valence-electron chi connectivity index (χ4n) is 8.94. The highest BCUT2D eigenvalue weighted by atomic mass is 15.2. The highest BCUT2D eigenvalue weighted by molar-refractivity contribution is 5.96. The normalized spacial score (nSPS) is 20.6. The molecule has 2 nitrogen and oxygen atoms in total. The number of rotatable bonds is 9. The van der Waals surface area contributed by atoms with Crippen LogP contribution in [0.25, 0.3) is 22.4 Å². The second-order valence-corrected chi connectivity index (χ2v) is 15.8. The minimum atomic E-state index is -0.0975. The van der Waals surface area contributed by atoms with E-state index in [0.717, 1.165) is 12.1 Å². The maximum Gasteiger partial charge on any atom is 0.0536 e. The first-order valence-electron chi connectivity index (χ1n) is 20.2. The van der Waals surface area contributed by atoms with Gasteiger partial charge in [0.25, 0.3) is 0 Å². The number of allylic oxidation sites excluding steroid dienone is 11. The molecular weight excluding hydrogens is 677 g/mol. The Morgan fingerprint density at radius 2 is 1.48 bits per heavy atom. The van der Waals surface area contributed by atoms with Gasteiger partial charge in [0.05, 0.1) is 5.69 Å². The topological polar surface area (TPSA) is 6.48 Å². The Hall–Kier alpha value is -5.86. The zero-order chi connectivity index (χ0) is 39.4. The molecule has 0 aromatic heterocycles. The first-order chi connectivity index (χ1) is 27.1. The van der Waals surface area contributed by atoms with E-state index in [1.54, 1.807) is 0 Å². The molecule has 282 valence electrons. The van der Waals surface area contributed by atoms with E-state index in [4.69, 9.17) is 0 Å². The summed E-state index contributed by atoms with van der Waals surface area (Å²) in [6, 6.07) is 44.1. The molecule has 2 aliphatic rings. The smallest absolute Gasteiger partial charge is 0.0536 e. The number of benzene rings is 5. The fraction of sp³-hybridized carbons (Fsp3) is 0.222. The first kappa shape index (κ1) is 38.4. The molecule has 0 N–H and O–H groups in total. The molecule has 5 aromatic carbocycles. The molecule has 2 unspecified atom stereocenters. The van der Waals surface area contributed by atoms with Crippen LogP contribution in [0, 0.1) is 5.92 Å². The van der Waals surface area contributed by atoms with Crippen molar-refractivity contribution in [1.29, 1.82) is 0 Å². The van der Waals surface area contributed by atoms with Crippen LogP contribution in [0.4, 0.5) is 17.1 Å². The van der Waals surface area contributed by atoms with Crippen molar-refractivity contribution in [2.45, 2.75) is 73.3 Å². The number of hydrogen-bond acceptors (Lipinski definition) is 2. The van der Waals surface area contributed by atoms with Crippen LogP contribution in [0.2, 0.25) is 0 Å². The van der Waals surface area contributed by atoms with Crippen molar-refractivity contribution in [3.05, 3.63) is 209 Å². The predicted molar refractivity (Wildman–Crippen MR) is 244 cm³/mol. The summed E-state index contributed by atoms with van der Waals surface area (Å²) in [5.74, 6) is 0.263. The molecule has 56 heavy (non-hydrogen) atoms. The lowest BCUT2D eigenvalue weighted by atomic mass is 9.81. The van der Waals surface area contributed by atoms with Crippen molar-refractivity contribution >= 4 is 39.5 Å². The molecule has 2 atom stereocenters. The molecule has 0 saturated carbocycles. The molecule has 0 fully saturated rings. The molecule has 0 bridgehead atoms. The Balaban J connectivity index is 1.30. The summed E-state index contributed by atoms with van der Waals surface area (Å²) in [6.45, 7) is 18.3. The van der Waals surface area contributed by atoms with Crippen LogP contribution in [0.15, 0.2) is 192 Å². The van der Waals surface area contributed by atoms with Gasteiger partial charge in [-0.1, -0.05) is 154 Å². The van der Waals surface area contributed by atoms with E-state index < -0.39 is 0 Å². The second kappa shape index (κ2) is 16.5. The van der Waals surface area contributed by atoms with Crippen molar-refractivity contribution in [2.24, 2.45) is 5.92 Å². The van der Waals surface area contributed by atoms with Crippen molar-refractivity contribution in [1.82, 2.24) is 0 Å². The lowest BCUT2D eigenvalue weighted by Gasteiger charge is -2.36. The molecule has 1 aliphatic carbocycles. The molecule has 1 aliphatic heterocycles. The van der Waals surface area contributed by atoms with Crippen molar-refractivity contribution in [2.75, 3.05) is 9.80 Å². The Bertz CT molecular complexity index is 2440. The van der Waals surface area contributed by atoms with Gasteiger partial charge >= 0.3 is 0 Å². The largest absolute Gasteiger partial charge is 0.338 e. The van der Waals surface area contributed by atoms with E-state index in [0.29, 0.717) is 0 Å². The number of nitrogens with zero attached hydrogens (tertiary/aromatic N) is 2. The van der Waals surface area contributed by atoms with Gasteiger partial charge in [-0.2, -0.15) is 0 Å². The lowest BCUT2D eigenvalue weighted by molar-refractivity contribution is 0.547. The van der Waals surface area contributed by atoms with Gasteiger partial charge in [0, 0.05) is 45.5 Å². The van der Waals surface area contributed by atoms with Gasteiger partial charge < -0.3 is 9.80 Å². The number of anilines is 3. The van der Waals surface area contributed by atoms with E-state index in [1.807, 2.05) is 0 Å². The zero-order valence-corrected chi connectivity index (χ0v) is 34.4. The molecule has 0 saturated heterocycles. The monoisotopic (exact) mass is 732 g/mol. The van der Waals surface area contributed by atoms with Gasteiger partial charge in [0.2, 0.25) is 0 Å². The summed E-state index contributed by atoms with van der Waals surface area (Å²) in [5.41, 5.74) is 15.2. The molecule has 0 amide bonds. The van der Waals surface area contributed by atoms with Gasteiger partial charge in [0.15, 0.2) is 0 Å². The third-order valence-corrected chi connectivity index (χ3v) is 12.0. The fourth-order valence-corrected chi connectivity index (χ4v) is 8.94. The van der Waals surface area contributed by atoms with E-state index >= 15 is 0 Å². The third-order valence-electron chi connectivity index (χ3n) is 12.0. The van der Waals surface area contributed by atoms with Crippen LogP contribution in [0.3, 0.4) is 0 Å². The average Bonchev–Trinajstić information content (AvgIpc) is 3.43. The van der Waals surface area contributed by atoms with Crippen LogP contribution in [0.1, 0.15) is 78.5 Å². The molecule has 7 rings (SSSR count). The number of hydrogen-bond donors (Lipinski definition) is 0. The standard InChI is InChI=1S/C54H56N2/c1-9-22-47-39(4)41(6)56(46-27-12-11-13-28-46)52-33-19-15-24-44(52)36-35-43(47)25-20-29-45(10-2)55(53-34-21-26-42-23-14-16-31-49(42)53)38(3)37-51-40(5)48-30-17-18-32-50(48)54(51,7)8/h9-24,26-37,39,41H,25H2,1-8H3/b22-9-,29-20-,36-35+,38-37+,45-10+,47-43-. The Morgan fingerprint density at radius 1 is 0.786 bits per heavy atom. The molecular formula is C54H56N2. The van der Waals surface area contributed by atoms with Gasteiger partial charge in [-0.3, -0.25) is 0 Å². The summed E-state index contributed by atoms with van der Waals surface area (Å²) in [6.07, 6.45) is 19.4. The average molecular weight is 733 g/mol. The van der Waals surface area contributed by atoms with Crippen LogP contribution in [-0.4, -0.2) is 6.04 Å². The summed E-state index contributed by atoms with van der Waals surface area (Å²) < 4.78 is 0. The van der Waals surface area contributed by atoms with E-state index in [9.17, 15) is 0 Å². The Labute approximate surface area is 335 Å². The summed E-state index contributed by atoms with van der Waals surface area (Å²) >= 11 is 0. The minimum Gasteiger partial charge on any atom is -0.338 e. The Morgan fingerprint density at radius 3 is 2.25 bits per heavy atom. The molecule has 2 heteroatoms. The summed E-state index contributed by atoms with van der Waals surface area (Å²) in [7, 11) is 0. The first-order valence-corrected chi connectivity index (χ1v) is 20.2. The Kier molecular flexibility index (Phi) is 11.3. The summed E-state index contributed by atoms with van der Waals surface area (Å²) in [4.78, 5) is 4.97. The van der Waals surface area contributed by atoms with Gasteiger partial charge in [0.1, 0.15) is 0 Å². The maximum absolute atomic E-state index is 2.52. The quantitative estimate of drug-likeness (QED) is 0.139. The van der Waals surface area contributed by atoms with Gasteiger partial charge in [-0.15, -0.1) is 0 Å². The molecule has 0 radical (unpaired) electrons. The van der Waals surface area contributed by atoms with Crippen LogP contribution >= 0.6 is 0 Å². The molecule has 5 aromatic rings. The van der Waals surface area contributed by atoms with Gasteiger partial charge in [-0.05, 0) is 122 Å². The minimum absolute atomic E-state index is 0.0975.